The van der Waals surface area contributed by atoms with Crippen molar-refractivity contribution in [2.75, 3.05) is 18.0 Å². The van der Waals surface area contributed by atoms with E-state index in [1.54, 1.807) is 18.7 Å². The number of aromatic nitrogens is 4. The molecule has 120 valence electrons. The second kappa shape index (κ2) is 4.98. The lowest BCUT2D eigenvalue weighted by Gasteiger charge is -2.35. The van der Waals surface area contributed by atoms with E-state index in [4.69, 9.17) is 4.74 Å². The number of hydrogen-bond donors (Lipinski definition) is 0. The third kappa shape index (κ3) is 2.06. The van der Waals surface area contributed by atoms with Crippen molar-refractivity contribution in [1.82, 2.24) is 18.7 Å². The minimum atomic E-state index is -0.370. The Labute approximate surface area is 127 Å². The van der Waals surface area contributed by atoms with Gasteiger partial charge in [-0.2, -0.15) is 4.98 Å². The van der Waals surface area contributed by atoms with Crippen molar-refractivity contribution in [2.45, 2.75) is 26.1 Å². The van der Waals surface area contributed by atoms with Crippen LogP contribution >= 0.6 is 0 Å². The Balaban J connectivity index is 2.23. The van der Waals surface area contributed by atoms with Crippen LogP contribution in [0.15, 0.2) is 9.59 Å². The maximum atomic E-state index is 12.4. The zero-order valence-corrected chi connectivity index (χ0v) is 13.5. The van der Waals surface area contributed by atoms with Crippen LogP contribution in [0.2, 0.25) is 0 Å². The average Bonchev–Trinajstić information content (AvgIpc) is 2.79. The van der Waals surface area contributed by atoms with Crippen LogP contribution in [0, 0.1) is 0 Å². The molecule has 8 nitrogen and oxygen atoms in total. The number of imidazole rings is 1. The fourth-order valence-electron chi connectivity index (χ4n) is 3.13. The SMILES string of the molecule is C[C@@H]1CN(c2nc3c(c(=O)n(C)c(=O)n3C)n2C)C[C@@H](C)O1. The Kier molecular flexibility index (Phi) is 3.36. The molecule has 2 aromatic rings. The predicted octanol–water partition coefficient (Wildman–Crippen LogP) is -0.416. The van der Waals surface area contributed by atoms with Gasteiger partial charge in [0, 0.05) is 34.2 Å². The van der Waals surface area contributed by atoms with Crippen molar-refractivity contribution >= 4 is 17.1 Å². The molecule has 0 spiro atoms. The number of nitrogens with zero attached hydrogens (tertiary/aromatic N) is 5. The number of hydrogen-bond acceptors (Lipinski definition) is 5. The lowest BCUT2D eigenvalue weighted by molar-refractivity contribution is -0.00583. The van der Waals surface area contributed by atoms with Crippen molar-refractivity contribution in [3.05, 3.63) is 20.8 Å². The Bertz CT molecular complexity index is 837. The van der Waals surface area contributed by atoms with Gasteiger partial charge in [-0.3, -0.25) is 13.9 Å². The van der Waals surface area contributed by atoms with Gasteiger partial charge in [0.05, 0.1) is 12.2 Å². The van der Waals surface area contributed by atoms with E-state index < -0.39 is 0 Å². The van der Waals surface area contributed by atoms with Gasteiger partial charge >= 0.3 is 5.69 Å². The van der Waals surface area contributed by atoms with Gasteiger partial charge in [0.25, 0.3) is 5.56 Å². The summed E-state index contributed by atoms with van der Waals surface area (Å²) in [5, 5.41) is 0. The molecule has 3 rings (SSSR count). The van der Waals surface area contributed by atoms with E-state index in [2.05, 4.69) is 9.88 Å². The summed E-state index contributed by atoms with van der Waals surface area (Å²) >= 11 is 0. The van der Waals surface area contributed by atoms with Crippen LogP contribution in [0.4, 0.5) is 5.95 Å². The van der Waals surface area contributed by atoms with Crippen LogP contribution in [0.3, 0.4) is 0 Å². The summed E-state index contributed by atoms with van der Waals surface area (Å²) in [7, 11) is 4.92. The molecule has 0 aliphatic carbocycles. The molecule has 1 aliphatic rings. The molecule has 3 heterocycles. The zero-order valence-electron chi connectivity index (χ0n) is 13.5. The normalized spacial score (nSPS) is 22.5. The molecule has 0 unspecified atom stereocenters. The minimum absolute atomic E-state index is 0.0928. The van der Waals surface area contributed by atoms with E-state index in [9.17, 15) is 9.59 Å². The first-order chi connectivity index (χ1) is 10.3. The molecular weight excluding hydrogens is 286 g/mol. The van der Waals surface area contributed by atoms with Crippen LogP contribution in [0.25, 0.3) is 11.2 Å². The highest BCUT2D eigenvalue weighted by Crippen LogP contribution is 2.21. The molecule has 0 N–H and O–H groups in total. The summed E-state index contributed by atoms with van der Waals surface area (Å²) in [5.74, 6) is 0.690. The molecule has 0 bridgehead atoms. The highest BCUT2D eigenvalue weighted by molar-refractivity contribution is 5.74. The molecule has 1 saturated heterocycles. The number of fused-ring (bicyclic) bond motifs is 1. The predicted molar refractivity (Wildman–Crippen MR) is 83.4 cm³/mol. The van der Waals surface area contributed by atoms with Crippen LogP contribution in [0.1, 0.15) is 13.8 Å². The van der Waals surface area contributed by atoms with Gasteiger partial charge in [-0.1, -0.05) is 0 Å². The summed E-state index contributed by atoms with van der Waals surface area (Å²) in [6.45, 7) is 5.44. The van der Waals surface area contributed by atoms with Gasteiger partial charge in [0.1, 0.15) is 0 Å². The molecule has 8 heteroatoms. The Morgan fingerprint density at radius 2 is 1.59 bits per heavy atom. The largest absolute Gasteiger partial charge is 0.372 e. The highest BCUT2D eigenvalue weighted by Gasteiger charge is 2.27. The van der Waals surface area contributed by atoms with Crippen molar-refractivity contribution in [2.24, 2.45) is 21.1 Å². The highest BCUT2D eigenvalue weighted by atomic mass is 16.5. The quantitative estimate of drug-likeness (QED) is 0.716. The molecule has 1 aliphatic heterocycles. The summed E-state index contributed by atoms with van der Waals surface area (Å²) in [6, 6.07) is 0. The zero-order chi connectivity index (χ0) is 16.2. The third-order valence-corrected chi connectivity index (χ3v) is 4.15. The second-order valence-electron chi connectivity index (χ2n) is 6.01. The van der Waals surface area contributed by atoms with Crippen LogP contribution in [0.5, 0.6) is 0 Å². The van der Waals surface area contributed by atoms with Crippen molar-refractivity contribution in [3.63, 3.8) is 0 Å². The number of rotatable bonds is 1. The smallest absolute Gasteiger partial charge is 0.332 e. The summed E-state index contributed by atoms with van der Waals surface area (Å²) < 4.78 is 10.0. The minimum Gasteiger partial charge on any atom is -0.372 e. The fraction of sp³-hybridized carbons (Fsp3) is 0.643. The summed E-state index contributed by atoms with van der Waals surface area (Å²) in [6.07, 6.45) is 0.186. The Morgan fingerprint density at radius 3 is 2.18 bits per heavy atom. The number of morpholine rings is 1. The lowest BCUT2D eigenvalue weighted by Crippen LogP contribution is -2.46. The van der Waals surface area contributed by atoms with E-state index in [1.165, 1.54) is 11.6 Å². The van der Waals surface area contributed by atoms with E-state index in [1.807, 2.05) is 13.8 Å². The monoisotopic (exact) mass is 307 g/mol. The van der Waals surface area contributed by atoms with Gasteiger partial charge in [-0.05, 0) is 13.8 Å². The number of ether oxygens (including phenoxy) is 1. The maximum Gasteiger partial charge on any atom is 0.332 e. The van der Waals surface area contributed by atoms with Crippen LogP contribution < -0.4 is 16.1 Å². The number of anilines is 1. The fourth-order valence-corrected chi connectivity index (χ4v) is 3.13. The third-order valence-electron chi connectivity index (χ3n) is 4.15. The molecular formula is C14H21N5O3. The van der Waals surface area contributed by atoms with Crippen LogP contribution in [-0.2, 0) is 25.9 Å². The maximum absolute atomic E-state index is 12.4. The van der Waals surface area contributed by atoms with Gasteiger partial charge in [0.2, 0.25) is 5.95 Å². The van der Waals surface area contributed by atoms with E-state index in [0.29, 0.717) is 30.2 Å². The average molecular weight is 307 g/mol. The second-order valence-corrected chi connectivity index (χ2v) is 6.01. The lowest BCUT2D eigenvalue weighted by atomic mass is 10.2. The molecule has 2 atom stereocenters. The topological polar surface area (TPSA) is 74.3 Å². The standard InChI is InChI=1S/C14H21N5O3/c1-8-6-19(7-9(2)22-8)13-15-11-10(16(13)3)12(20)18(5)14(21)17(11)4/h8-9H,6-7H2,1-5H3/t8-,9-/m1/s1. The molecule has 1 fully saturated rings. The van der Waals surface area contributed by atoms with E-state index in [0.717, 1.165) is 4.57 Å². The Hall–Kier alpha value is -2.09. The molecule has 22 heavy (non-hydrogen) atoms. The van der Waals surface area contributed by atoms with Gasteiger partial charge in [-0.15, -0.1) is 0 Å². The molecule has 0 amide bonds. The van der Waals surface area contributed by atoms with E-state index in [-0.39, 0.29) is 23.5 Å². The molecule has 0 radical (unpaired) electrons. The van der Waals surface area contributed by atoms with Gasteiger partial charge < -0.3 is 14.2 Å². The van der Waals surface area contributed by atoms with Crippen molar-refractivity contribution in [1.29, 1.82) is 0 Å². The molecule has 0 saturated carbocycles. The molecule has 0 aromatic carbocycles. The first-order valence-electron chi connectivity index (χ1n) is 7.34. The first kappa shape index (κ1) is 14.8. The van der Waals surface area contributed by atoms with Gasteiger partial charge in [0.15, 0.2) is 11.2 Å². The molecule has 2 aromatic heterocycles. The summed E-state index contributed by atoms with van der Waals surface area (Å²) in [4.78, 5) is 31.1. The van der Waals surface area contributed by atoms with Crippen molar-refractivity contribution in [3.8, 4) is 0 Å². The Morgan fingerprint density at radius 1 is 1.00 bits per heavy atom. The van der Waals surface area contributed by atoms with Gasteiger partial charge in [-0.25, -0.2) is 4.79 Å². The summed E-state index contributed by atoms with van der Waals surface area (Å²) in [5.41, 5.74) is 0.156. The van der Waals surface area contributed by atoms with Crippen molar-refractivity contribution < 1.29 is 4.74 Å². The first-order valence-corrected chi connectivity index (χ1v) is 7.34. The number of aryl methyl sites for hydroxylation is 2. The van der Waals surface area contributed by atoms with E-state index >= 15 is 0 Å². The van der Waals surface area contributed by atoms with Crippen LogP contribution in [-0.4, -0.2) is 44.0 Å².